The third-order valence-corrected chi connectivity index (χ3v) is 8.22. The molecule has 2 aromatic carbocycles. The number of ether oxygens (including phenoxy) is 1. The summed E-state index contributed by atoms with van der Waals surface area (Å²) in [7, 11) is 0. The predicted molar refractivity (Wildman–Crippen MR) is 157 cm³/mol. The lowest BCUT2D eigenvalue weighted by Crippen LogP contribution is -2.42. The number of carbonyl (C=O) groups is 1. The van der Waals surface area contributed by atoms with Gasteiger partial charge in [0.15, 0.2) is 0 Å². The molecule has 0 radical (unpaired) electrons. The fraction of sp³-hybridized carbons (Fsp3) is 0.387. The van der Waals surface area contributed by atoms with Crippen molar-refractivity contribution in [2.75, 3.05) is 25.0 Å². The second-order valence-electron chi connectivity index (χ2n) is 11.1. The van der Waals surface area contributed by atoms with Crippen LogP contribution in [0.1, 0.15) is 50.8 Å². The van der Waals surface area contributed by atoms with Gasteiger partial charge in [0.1, 0.15) is 17.7 Å². The van der Waals surface area contributed by atoms with Crippen LogP contribution >= 0.6 is 11.3 Å². The summed E-state index contributed by atoms with van der Waals surface area (Å²) < 4.78 is 6.50. The summed E-state index contributed by atoms with van der Waals surface area (Å²) in [5, 5.41) is 13.4. The van der Waals surface area contributed by atoms with Crippen molar-refractivity contribution >= 4 is 33.5 Å². The maximum atomic E-state index is 12.4. The van der Waals surface area contributed by atoms with Crippen LogP contribution in [0.15, 0.2) is 67.0 Å². The minimum Gasteiger partial charge on any atom is -0.444 e. The number of anilines is 1. The molecule has 1 fully saturated rings. The van der Waals surface area contributed by atoms with Crippen LogP contribution in [-0.4, -0.2) is 51.4 Å². The third kappa shape index (κ3) is 6.75. The highest BCUT2D eigenvalue weighted by atomic mass is 32.1. The van der Waals surface area contributed by atoms with E-state index < -0.39 is 5.60 Å². The predicted octanol–water partition coefficient (Wildman–Crippen LogP) is 6.69. The number of hydrogen-bond donors (Lipinski definition) is 2. The number of fused-ring (bicyclic) bond motifs is 1. The first kappa shape index (κ1) is 27.1. The number of aliphatic hydroxyl groups excluding tert-OH is 1. The number of thiophene rings is 1. The Hall–Kier alpha value is -3.49. The number of nitrogens with zero attached hydrogens (tertiary/aromatic N) is 3. The second kappa shape index (κ2) is 11.7. The van der Waals surface area contributed by atoms with Crippen LogP contribution in [0.5, 0.6) is 0 Å². The van der Waals surface area contributed by atoms with Crippen LogP contribution < -0.4 is 5.32 Å². The summed E-state index contributed by atoms with van der Waals surface area (Å²) in [6.07, 6.45) is 4.35. The van der Waals surface area contributed by atoms with Gasteiger partial charge in [0, 0.05) is 18.0 Å². The highest BCUT2D eigenvalue weighted by Crippen LogP contribution is 2.37. The molecule has 4 aromatic rings. The van der Waals surface area contributed by atoms with E-state index in [4.69, 9.17) is 4.74 Å². The number of aliphatic hydroxyl groups is 1. The molecule has 7 nitrogen and oxygen atoms in total. The quantitative estimate of drug-likeness (QED) is 0.269. The zero-order valence-corrected chi connectivity index (χ0v) is 23.6. The number of piperidine rings is 1. The number of nitrogens with one attached hydrogen (secondary N) is 1. The maximum Gasteiger partial charge on any atom is 0.410 e. The van der Waals surface area contributed by atoms with Crippen molar-refractivity contribution < 1.29 is 14.6 Å². The highest BCUT2D eigenvalue weighted by molar-refractivity contribution is 7.22. The molecule has 0 bridgehead atoms. The van der Waals surface area contributed by atoms with Crippen LogP contribution in [0.3, 0.4) is 0 Å². The van der Waals surface area contributed by atoms with E-state index in [0.717, 1.165) is 64.4 Å². The van der Waals surface area contributed by atoms with Gasteiger partial charge in [-0.25, -0.2) is 14.8 Å². The molecule has 0 aliphatic carbocycles. The van der Waals surface area contributed by atoms with Gasteiger partial charge in [0.25, 0.3) is 0 Å². The number of amides is 1. The Morgan fingerprint density at radius 2 is 1.82 bits per heavy atom. The van der Waals surface area contributed by atoms with Gasteiger partial charge in [-0.1, -0.05) is 54.6 Å². The number of aromatic nitrogens is 2. The molecule has 1 amide bonds. The normalized spacial score (nSPS) is 15.3. The van der Waals surface area contributed by atoms with E-state index in [1.165, 1.54) is 5.56 Å². The molecule has 1 aliphatic rings. The molecular weight excluding hydrogens is 508 g/mol. The largest absolute Gasteiger partial charge is 0.444 e. The van der Waals surface area contributed by atoms with Crippen LogP contribution in [0.25, 0.3) is 20.7 Å². The van der Waals surface area contributed by atoms with E-state index >= 15 is 0 Å². The Morgan fingerprint density at radius 3 is 2.49 bits per heavy atom. The summed E-state index contributed by atoms with van der Waals surface area (Å²) >= 11 is 1.65. The molecule has 39 heavy (non-hydrogen) atoms. The lowest BCUT2D eigenvalue weighted by atomic mass is 9.90. The SMILES string of the molecule is CC(C)(C)OC(=O)N1CCC(Cc2ccc(-c3cc4ncnc(NC(CO)c5ccccc5)c4s3)cc2)CC1. The van der Waals surface area contributed by atoms with Crippen molar-refractivity contribution in [3.8, 4) is 10.4 Å². The molecule has 0 saturated carbocycles. The summed E-state index contributed by atoms with van der Waals surface area (Å²) in [5.74, 6) is 1.29. The van der Waals surface area contributed by atoms with Crippen molar-refractivity contribution in [3.05, 3.63) is 78.1 Å². The first-order chi connectivity index (χ1) is 18.8. The van der Waals surface area contributed by atoms with E-state index in [1.807, 2.05) is 56.0 Å². The Bertz CT molecular complexity index is 1390. The fourth-order valence-corrected chi connectivity index (χ4v) is 6.04. The van der Waals surface area contributed by atoms with Crippen molar-refractivity contribution in [2.24, 2.45) is 5.92 Å². The average Bonchev–Trinajstić information content (AvgIpc) is 3.37. The van der Waals surface area contributed by atoms with Crippen LogP contribution in [0.2, 0.25) is 0 Å². The van der Waals surface area contributed by atoms with Gasteiger partial charge in [-0.2, -0.15) is 0 Å². The molecule has 3 heterocycles. The Balaban J connectivity index is 1.23. The number of hydrogen-bond acceptors (Lipinski definition) is 7. The Morgan fingerprint density at radius 1 is 1.10 bits per heavy atom. The molecule has 204 valence electrons. The van der Waals surface area contributed by atoms with Crippen LogP contribution in [0.4, 0.5) is 10.6 Å². The molecule has 5 rings (SSSR count). The smallest absolute Gasteiger partial charge is 0.410 e. The first-order valence-electron chi connectivity index (χ1n) is 13.5. The number of carbonyl (C=O) groups excluding carboxylic acids is 1. The summed E-state index contributed by atoms with van der Waals surface area (Å²) in [4.78, 5) is 24.3. The number of likely N-dealkylation sites (tertiary alicyclic amines) is 1. The van der Waals surface area contributed by atoms with E-state index in [0.29, 0.717) is 5.92 Å². The monoisotopic (exact) mass is 544 g/mol. The van der Waals surface area contributed by atoms with E-state index in [1.54, 1.807) is 17.7 Å². The summed E-state index contributed by atoms with van der Waals surface area (Å²) in [6.45, 7) is 7.18. The molecule has 2 N–H and O–H groups in total. The van der Waals surface area contributed by atoms with Gasteiger partial charge >= 0.3 is 6.09 Å². The summed E-state index contributed by atoms with van der Waals surface area (Å²) in [6, 6.07) is 20.5. The zero-order valence-electron chi connectivity index (χ0n) is 22.8. The molecule has 1 atom stereocenters. The van der Waals surface area contributed by atoms with E-state index in [-0.39, 0.29) is 18.7 Å². The van der Waals surface area contributed by atoms with Gasteiger partial charge in [-0.05, 0) is 68.7 Å². The maximum absolute atomic E-state index is 12.4. The summed E-state index contributed by atoms with van der Waals surface area (Å²) in [5.41, 5.74) is 3.90. The topological polar surface area (TPSA) is 87.6 Å². The van der Waals surface area contributed by atoms with Gasteiger partial charge in [-0.3, -0.25) is 0 Å². The molecular formula is C31H36N4O3S. The van der Waals surface area contributed by atoms with E-state index in [9.17, 15) is 9.90 Å². The molecule has 1 saturated heterocycles. The third-order valence-electron chi connectivity index (χ3n) is 7.04. The van der Waals surface area contributed by atoms with E-state index in [2.05, 4.69) is 45.6 Å². The molecule has 0 spiro atoms. The highest BCUT2D eigenvalue weighted by Gasteiger charge is 2.27. The number of benzene rings is 2. The first-order valence-corrected chi connectivity index (χ1v) is 14.3. The number of rotatable bonds is 7. The van der Waals surface area contributed by atoms with Gasteiger partial charge in [0.05, 0.1) is 22.9 Å². The van der Waals surface area contributed by atoms with Gasteiger partial charge in [0.2, 0.25) is 0 Å². The lowest BCUT2D eigenvalue weighted by molar-refractivity contribution is 0.0184. The minimum absolute atomic E-state index is 0.0325. The van der Waals surface area contributed by atoms with Gasteiger partial charge < -0.3 is 20.1 Å². The van der Waals surface area contributed by atoms with Crippen molar-refractivity contribution in [3.63, 3.8) is 0 Å². The molecule has 8 heteroatoms. The average molecular weight is 545 g/mol. The fourth-order valence-electron chi connectivity index (χ4n) is 4.97. The lowest BCUT2D eigenvalue weighted by Gasteiger charge is -2.33. The van der Waals surface area contributed by atoms with Crippen molar-refractivity contribution in [1.29, 1.82) is 0 Å². The Kier molecular flexibility index (Phi) is 8.14. The Labute approximate surface area is 233 Å². The molecule has 1 unspecified atom stereocenters. The zero-order chi connectivity index (χ0) is 27.4. The molecule has 1 aliphatic heterocycles. The van der Waals surface area contributed by atoms with Crippen LogP contribution in [-0.2, 0) is 11.2 Å². The molecule has 2 aromatic heterocycles. The minimum atomic E-state index is -0.460. The standard InChI is InChI=1S/C31H36N4O3S/c1-31(2,3)38-30(37)35-15-13-22(14-16-35)17-21-9-11-24(12-10-21)27-18-25-28(39-27)29(33-20-32-25)34-26(19-36)23-7-5-4-6-8-23/h4-12,18,20,22,26,36H,13-17,19H2,1-3H3,(H,32,33,34). The second-order valence-corrected chi connectivity index (χ2v) is 12.2. The van der Waals surface area contributed by atoms with Crippen molar-refractivity contribution in [2.45, 2.75) is 51.7 Å². The van der Waals surface area contributed by atoms with Gasteiger partial charge in [-0.15, -0.1) is 11.3 Å². The van der Waals surface area contributed by atoms with Crippen LogP contribution in [0, 0.1) is 5.92 Å². The van der Waals surface area contributed by atoms with Crippen molar-refractivity contribution in [1.82, 2.24) is 14.9 Å².